The Hall–Kier alpha value is -3.20. The van der Waals surface area contributed by atoms with Gasteiger partial charge in [0.25, 0.3) is 11.3 Å². The number of hydrogen-bond donors (Lipinski definition) is 3. The Kier molecular flexibility index (Phi) is 5.54. The number of para-hydroxylation sites is 1. The van der Waals surface area contributed by atoms with E-state index in [0.717, 1.165) is 15.3 Å². The number of carbonyl (C=O) groups is 1. The van der Waals surface area contributed by atoms with Gasteiger partial charge in [0, 0.05) is 17.2 Å². The van der Waals surface area contributed by atoms with Crippen molar-refractivity contribution in [3.8, 4) is 0 Å². The minimum atomic E-state index is -2.69. The van der Waals surface area contributed by atoms with Crippen molar-refractivity contribution in [3.05, 3.63) is 78.4 Å². The van der Waals surface area contributed by atoms with Gasteiger partial charge in [0.2, 0.25) is 0 Å². The molecule has 0 aliphatic rings. The van der Waals surface area contributed by atoms with Crippen LogP contribution in [0.15, 0.2) is 77.2 Å². The van der Waals surface area contributed by atoms with E-state index in [4.69, 9.17) is 4.42 Å². The summed E-state index contributed by atoms with van der Waals surface area (Å²) >= 11 is -2.69. The van der Waals surface area contributed by atoms with E-state index in [1.54, 1.807) is 42.5 Å². The molecule has 154 valence electrons. The molecule has 3 unspecified atom stereocenters. The van der Waals surface area contributed by atoms with E-state index in [-0.39, 0.29) is 12.1 Å². The zero-order valence-corrected chi connectivity index (χ0v) is 16.5. The van der Waals surface area contributed by atoms with Gasteiger partial charge >= 0.3 is 5.97 Å². The third-order valence-corrected chi connectivity index (χ3v) is 5.72. The first-order chi connectivity index (χ1) is 14.5. The minimum Gasteiger partial charge on any atom is -0.480 e. The van der Waals surface area contributed by atoms with Crippen LogP contribution in [0.5, 0.6) is 0 Å². The summed E-state index contributed by atoms with van der Waals surface area (Å²) in [4.78, 5) is 12.0. The summed E-state index contributed by atoms with van der Waals surface area (Å²) in [5, 5.41) is 21.9. The van der Waals surface area contributed by atoms with E-state index in [9.17, 15) is 23.8 Å². The number of benzene rings is 3. The fraction of sp³-hybridized carbons (Fsp3) is 0.136. The van der Waals surface area contributed by atoms with Crippen LogP contribution in [-0.2, 0) is 22.5 Å². The number of furan rings is 1. The summed E-state index contributed by atoms with van der Waals surface area (Å²) in [5.41, 5.74) is 2.13. The average Bonchev–Trinajstić information content (AvgIpc) is 3.10. The van der Waals surface area contributed by atoms with E-state index in [2.05, 4.69) is 0 Å². The van der Waals surface area contributed by atoms with Crippen molar-refractivity contribution >= 4 is 44.9 Å². The first-order valence-electron chi connectivity index (χ1n) is 9.22. The highest BCUT2D eigenvalue weighted by atomic mass is 32.2. The highest BCUT2D eigenvalue weighted by Gasteiger charge is 2.36. The number of carboxylic acids is 1. The third-order valence-electron chi connectivity index (χ3n) is 4.94. The number of carboxylic acid groups (broad SMARTS) is 1. The van der Waals surface area contributed by atoms with E-state index < -0.39 is 29.4 Å². The Morgan fingerprint density at radius 2 is 1.63 bits per heavy atom. The average molecular weight is 425 g/mol. The molecule has 0 saturated carbocycles. The van der Waals surface area contributed by atoms with Crippen LogP contribution in [0.2, 0.25) is 0 Å². The molecule has 3 N–H and O–H groups in total. The zero-order valence-electron chi connectivity index (χ0n) is 15.7. The van der Waals surface area contributed by atoms with Crippen LogP contribution >= 0.6 is 0 Å². The molecule has 1 heterocycles. The number of fused-ring (bicyclic) bond motifs is 3. The van der Waals surface area contributed by atoms with Gasteiger partial charge in [-0.2, -0.15) is 0 Å². The van der Waals surface area contributed by atoms with Gasteiger partial charge in [-0.15, -0.1) is 0 Å². The topological polar surface area (TPSA) is 111 Å². The lowest BCUT2D eigenvalue weighted by atomic mass is 10.0. The molecule has 0 saturated heterocycles. The van der Waals surface area contributed by atoms with Crippen LogP contribution in [0, 0.1) is 0 Å². The fourth-order valence-electron chi connectivity index (χ4n) is 3.59. The van der Waals surface area contributed by atoms with Gasteiger partial charge in [-0.05, 0) is 29.8 Å². The molecule has 0 aliphatic heterocycles. The standard InChI is InChI=1S/C22H19NO6S/c24-18(12-14-6-2-1-3-7-14)21(22(25)26)23(30(27)28)15-10-11-20-17(13-15)16-8-4-5-9-19(16)29-20/h1-11,13,18,21,24H,12H2,(H,25,26)(H,27,28). The number of rotatable bonds is 7. The van der Waals surface area contributed by atoms with Crippen molar-refractivity contribution in [3.63, 3.8) is 0 Å². The smallest absolute Gasteiger partial charge is 0.330 e. The Balaban J connectivity index is 1.76. The SMILES string of the molecule is O=C(O)C(C(O)Cc1ccccc1)N(c1ccc2oc3ccccc3c2c1)S(=O)O. The van der Waals surface area contributed by atoms with Gasteiger partial charge in [-0.1, -0.05) is 48.5 Å². The lowest BCUT2D eigenvalue weighted by Crippen LogP contribution is -2.50. The van der Waals surface area contributed by atoms with Crippen LogP contribution in [-0.4, -0.2) is 37.1 Å². The largest absolute Gasteiger partial charge is 0.480 e. The van der Waals surface area contributed by atoms with Crippen LogP contribution in [0.4, 0.5) is 5.69 Å². The number of hydrogen-bond acceptors (Lipinski definition) is 4. The van der Waals surface area contributed by atoms with Gasteiger partial charge in [-0.3, -0.25) is 8.86 Å². The summed E-state index contributed by atoms with van der Waals surface area (Å²) in [7, 11) is 0. The van der Waals surface area contributed by atoms with Crippen LogP contribution in [0.25, 0.3) is 21.9 Å². The van der Waals surface area contributed by atoms with Crippen LogP contribution in [0.3, 0.4) is 0 Å². The molecule has 0 amide bonds. The van der Waals surface area contributed by atoms with Crippen molar-refractivity contribution in [2.45, 2.75) is 18.6 Å². The normalized spacial score (nSPS) is 14.5. The quantitative estimate of drug-likeness (QED) is 0.390. The van der Waals surface area contributed by atoms with Crippen LogP contribution in [0.1, 0.15) is 5.56 Å². The summed E-state index contributed by atoms with van der Waals surface area (Å²) in [6, 6.07) is 19.3. The molecule has 1 aromatic heterocycles. The molecule has 7 nitrogen and oxygen atoms in total. The highest BCUT2D eigenvalue weighted by molar-refractivity contribution is 7.80. The van der Waals surface area contributed by atoms with Gasteiger partial charge in [-0.25, -0.2) is 9.00 Å². The molecule has 0 bridgehead atoms. The van der Waals surface area contributed by atoms with Crippen molar-refractivity contribution in [1.82, 2.24) is 0 Å². The van der Waals surface area contributed by atoms with Gasteiger partial charge in [0.05, 0.1) is 11.8 Å². The molecule has 4 aromatic rings. The van der Waals surface area contributed by atoms with E-state index in [0.29, 0.717) is 16.6 Å². The Morgan fingerprint density at radius 1 is 0.967 bits per heavy atom. The van der Waals surface area contributed by atoms with Crippen molar-refractivity contribution in [2.24, 2.45) is 0 Å². The fourth-order valence-corrected chi connectivity index (χ4v) is 4.31. The molecule has 30 heavy (non-hydrogen) atoms. The van der Waals surface area contributed by atoms with Crippen molar-refractivity contribution < 1.29 is 28.2 Å². The number of aliphatic hydroxyl groups excluding tert-OH is 1. The second-order valence-corrected chi connectivity index (χ2v) is 7.73. The molecular formula is C22H19NO6S. The van der Waals surface area contributed by atoms with Crippen molar-refractivity contribution in [2.75, 3.05) is 4.31 Å². The lowest BCUT2D eigenvalue weighted by Gasteiger charge is -2.30. The third kappa shape index (κ3) is 3.80. The molecule has 3 atom stereocenters. The first-order valence-corrected chi connectivity index (χ1v) is 10.3. The highest BCUT2D eigenvalue weighted by Crippen LogP contribution is 2.33. The predicted octanol–water partition coefficient (Wildman–Crippen LogP) is 3.59. The molecule has 0 spiro atoms. The Labute approximate surface area is 174 Å². The van der Waals surface area contributed by atoms with E-state index in [1.165, 1.54) is 6.07 Å². The minimum absolute atomic E-state index is 0.0163. The zero-order chi connectivity index (χ0) is 21.3. The molecule has 0 fully saturated rings. The molecule has 0 aliphatic carbocycles. The maximum absolute atomic E-state index is 12.2. The van der Waals surface area contributed by atoms with Crippen molar-refractivity contribution in [1.29, 1.82) is 0 Å². The van der Waals surface area contributed by atoms with Gasteiger partial charge in [0.1, 0.15) is 11.2 Å². The molecule has 3 aromatic carbocycles. The summed E-state index contributed by atoms with van der Waals surface area (Å²) < 4.78 is 28.7. The molecule has 0 radical (unpaired) electrons. The second-order valence-electron chi connectivity index (χ2n) is 6.88. The maximum Gasteiger partial charge on any atom is 0.330 e. The number of aliphatic hydroxyl groups is 1. The Bertz CT molecular complexity index is 1220. The van der Waals surface area contributed by atoms with Crippen LogP contribution < -0.4 is 4.31 Å². The second kappa shape index (κ2) is 8.27. The predicted molar refractivity (Wildman–Crippen MR) is 115 cm³/mol. The molecule has 4 rings (SSSR count). The Morgan fingerprint density at radius 3 is 2.33 bits per heavy atom. The van der Waals surface area contributed by atoms with E-state index in [1.807, 2.05) is 24.3 Å². The first kappa shape index (κ1) is 20.1. The van der Waals surface area contributed by atoms with E-state index >= 15 is 0 Å². The molecular weight excluding hydrogens is 406 g/mol. The monoisotopic (exact) mass is 425 g/mol. The number of anilines is 1. The summed E-state index contributed by atoms with van der Waals surface area (Å²) in [6.07, 6.45) is -1.40. The molecule has 8 heteroatoms. The number of nitrogens with zero attached hydrogens (tertiary/aromatic N) is 1. The van der Waals surface area contributed by atoms with Gasteiger partial charge in [0.15, 0.2) is 6.04 Å². The van der Waals surface area contributed by atoms with Gasteiger partial charge < -0.3 is 14.6 Å². The maximum atomic E-state index is 12.2. The lowest BCUT2D eigenvalue weighted by molar-refractivity contribution is -0.140. The summed E-state index contributed by atoms with van der Waals surface area (Å²) in [6.45, 7) is 0. The summed E-state index contributed by atoms with van der Waals surface area (Å²) in [5.74, 6) is -1.40. The number of aliphatic carboxylic acids is 1.